The van der Waals surface area contributed by atoms with Crippen LogP contribution in [0.25, 0.3) is 10.8 Å². The van der Waals surface area contributed by atoms with E-state index in [1.807, 2.05) is 48.5 Å². The number of piperazine rings is 1. The zero-order valence-electron chi connectivity index (χ0n) is 21.8. The number of hydrogen-bond acceptors (Lipinski definition) is 6. The van der Waals surface area contributed by atoms with Crippen molar-refractivity contribution in [3.63, 3.8) is 0 Å². The molecule has 0 aromatic heterocycles. The maximum absolute atomic E-state index is 13.0. The van der Waals surface area contributed by atoms with Crippen LogP contribution in [0.2, 0.25) is 0 Å². The molecule has 2 heterocycles. The highest BCUT2D eigenvalue weighted by Gasteiger charge is 2.32. The molecule has 0 radical (unpaired) electrons. The van der Waals surface area contributed by atoms with Gasteiger partial charge in [-0.05, 0) is 80.6 Å². The minimum absolute atomic E-state index is 0.172. The summed E-state index contributed by atoms with van der Waals surface area (Å²) in [6.45, 7) is 7.46. The van der Waals surface area contributed by atoms with Gasteiger partial charge < -0.3 is 14.5 Å². The van der Waals surface area contributed by atoms with Gasteiger partial charge in [-0.2, -0.15) is 0 Å². The van der Waals surface area contributed by atoms with Crippen LogP contribution in [-0.2, 0) is 0 Å². The summed E-state index contributed by atoms with van der Waals surface area (Å²) in [5.74, 6) is 0.462. The summed E-state index contributed by atoms with van der Waals surface area (Å²) in [6.07, 6.45) is 4.72. The smallest absolute Gasteiger partial charge is 0.261 e. The molecule has 0 saturated carbocycles. The van der Waals surface area contributed by atoms with Crippen LogP contribution in [-0.4, -0.2) is 85.2 Å². The molecule has 1 saturated heterocycles. The average molecular weight is 514 g/mol. The van der Waals surface area contributed by atoms with E-state index in [4.69, 9.17) is 4.74 Å². The van der Waals surface area contributed by atoms with E-state index in [1.165, 1.54) is 4.90 Å². The van der Waals surface area contributed by atoms with Crippen molar-refractivity contribution in [3.05, 3.63) is 77.4 Å². The van der Waals surface area contributed by atoms with E-state index in [0.717, 1.165) is 87.8 Å². The van der Waals surface area contributed by atoms with E-state index in [-0.39, 0.29) is 11.8 Å². The Morgan fingerprint density at radius 3 is 1.82 bits per heavy atom. The SMILES string of the molecule is O=Cc1ccc(OCCCCN2CCN(CCCCN3C(=O)c4cccc5cccc(c45)C3=O)CC2)cc1. The third kappa shape index (κ3) is 5.95. The molecule has 2 amide bonds. The zero-order valence-corrected chi connectivity index (χ0v) is 21.8. The molecule has 3 aromatic rings. The Morgan fingerprint density at radius 1 is 0.684 bits per heavy atom. The van der Waals surface area contributed by atoms with Crippen molar-refractivity contribution in [2.75, 3.05) is 52.4 Å². The van der Waals surface area contributed by atoms with Gasteiger partial charge >= 0.3 is 0 Å². The molecule has 7 nitrogen and oxygen atoms in total. The van der Waals surface area contributed by atoms with Crippen LogP contribution in [0.4, 0.5) is 0 Å². The average Bonchev–Trinajstić information content (AvgIpc) is 2.96. The molecule has 0 unspecified atom stereocenters. The summed E-state index contributed by atoms with van der Waals surface area (Å²) in [4.78, 5) is 43.2. The Labute approximate surface area is 224 Å². The fourth-order valence-electron chi connectivity index (χ4n) is 5.40. The maximum Gasteiger partial charge on any atom is 0.261 e. The number of rotatable bonds is 12. The van der Waals surface area contributed by atoms with Crippen LogP contribution in [0.5, 0.6) is 5.75 Å². The summed E-state index contributed by atoms with van der Waals surface area (Å²) in [7, 11) is 0. The number of nitrogens with zero attached hydrogens (tertiary/aromatic N) is 3. The molecule has 0 atom stereocenters. The van der Waals surface area contributed by atoms with Gasteiger partial charge in [0.2, 0.25) is 0 Å². The van der Waals surface area contributed by atoms with Gasteiger partial charge in [-0.1, -0.05) is 24.3 Å². The molecule has 2 aliphatic rings. The first-order valence-corrected chi connectivity index (χ1v) is 13.6. The van der Waals surface area contributed by atoms with E-state index in [1.54, 1.807) is 12.1 Å². The molecule has 5 rings (SSSR count). The van der Waals surface area contributed by atoms with E-state index in [0.29, 0.717) is 29.8 Å². The lowest BCUT2D eigenvalue weighted by molar-refractivity contribution is 0.0604. The maximum atomic E-state index is 13.0. The van der Waals surface area contributed by atoms with Gasteiger partial charge in [0.05, 0.1) is 6.61 Å². The first kappa shape index (κ1) is 26.1. The number of aldehydes is 1. The fourth-order valence-corrected chi connectivity index (χ4v) is 5.40. The number of ether oxygens (including phenoxy) is 1. The predicted molar refractivity (Wildman–Crippen MR) is 148 cm³/mol. The molecule has 38 heavy (non-hydrogen) atoms. The minimum Gasteiger partial charge on any atom is -0.494 e. The topological polar surface area (TPSA) is 70.2 Å². The lowest BCUT2D eigenvalue weighted by atomic mass is 9.94. The highest BCUT2D eigenvalue weighted by Crippen LogP contribution is 2.30. The second-order valence-electron chi connectivity index (χ2n) is 10.1. The van der Waals surface area contributed by atoms with Crippen molar-refractivity contribution in [3.8, 4) is 5.75 Å². The highest BCUT2D eigenvalue weighted by molar-refractivity contribution is 6.25. The first-order chi connectivity index (χ1) is 18.6. The lowest BCUT2D eigenvalue weighted by Crippen LogP contribution is -2.47. The molecule has 1 fully saturated rings. The summed E-state index contributed by atoms with van der Waals surface area (Å²) in [5.41, 5.74) is 1.93. The van der Waals surface area contributed by atoms with Gasteiger partial charge in [-0.3, -0.25) is 19.3 Å². The fraction of sp³-hybridized carbons (Fsp3) is 0.387. The van der Waals surface area contributed by atoms with Crippen molar-refractivity contribution < 1.29 is 19.1 Å². The number of imide groups is 1. The Morgan fingerprint density at radius 2 is 1.24 bits per heavy atom. The second-order valence-corrected chi connectivity index (χ2v) is 10.1. The van der Waals surface area contributed by atoms with Crippen LogP contribution in [0.3, 0.4) is 0 Å². The Bertz CT molecular complexity index is 1230. The van der Waals surface area contributed by atoms with Gasteiger partial charge in [-0.25, -0.2) is 0 Å². The number of hydrogen-bond donors (Lipinski definition) is 0. The van der Waals surface area contributed by atoms with Crippen molar-refractivity contribution >= 4 is 28.9 Å². The van der Waals surface area contributed by atoms with E-state index in [2.05, 4.69) is 9.80 Å². The molecule has 3 aromatic carbocycles. The highest BCUT2D eigenvalue weighted by atomic mass is 16.5. The van der Waals surface area contributed by atoms with Gasteiger partial charge in [-0.15, -0.1) is 0 Å². The van der Waals surface area contributed by atoms with Gasteiger partial charge in [0.1, 0.15) is 12.0 Å². The number of benzene rings is 3. The number of amides is 2. The van der Waals surface area contributed by atoms with Gasteiger partial charge in [0, 0.05) is 54.8 Å². The predicted octanol–water partition coefficient (Wildman–Crippen LogP) is 4.51. The molecule has 0 aliphatic carbocycles. The summed E-state index contributed by atoms with van der Waals surface area (Å²) < 4.78 is 5.77. The van der Waals surface area contributed by atoms with Crippen LogP contribution >= 0.6 is 0 Å². The number of unbranched alkanes of at least 4 members (excludes halogenated alkanes) is 2. The van der Waals surface area contributed by atoms with E-state index in [9.17, 15) is 14.4 Å². The van der Waals surface area contributed by atoms with Crippen molar-refractivity contribution in [2.45, 2.75) is 25.7 Å². The standard InChI is InChI=1S/C31H35N3O4/c35-23-24-11-13-26(14-12-24)38-22-4-3-16-33-20-18-32(19-21-33)15-1-2-17-34-30(36)27-9-5-7-25-8-6-10-28(29(25)27)31(34)37/h5-14,23H,1-4,15-22H2. The van der Waals surface area contributed by atoms with Gasteiger partial charge in [0.15, 0.2) is 0 Å². The van der Waals surface area contributed by atoms with Gasteiger partial charge in [0.25, 0.3) is 11.8 Å². The summed E-state index contributed by atoms with van der Waals surface area (Å²) >= 11 is 0. The Kier molecular flexibility index (Phi) is 8.46. The molecular weight excluding hydrogens is 478 g/mol. The van der Waals surface area contributed by atoms with Crippen molar-refractivity contribution in [2.24, 2.45) is 0 Å². The Balaban J connectivity index is 0.969. The zero-order chi connectivity index (χ0) is 26.3. The molecule has 0 N–H and O–H groups in total. The third-order valence-corrected chi connectivity index (χ3v) is 7.58. The van der Waals surface area contributed by atoms with Crippen LogP contribution in [0.1, 0.15) is 56.8 Å². The first-order valence-electron chi connectivity index (χ1n) is 13.6. The molecular formula is C31H35N3O4. The molecule has 198 valence electrons. The summed E-state index contributed by atoms with van der Waals surface area (Å²) in [6, 6.07) is 18.5. The molecule has 0 bridgehead atoms. The van der Waals surface area contributed by atoms with Crippen LogP contribution in [0, 0.1) is 0 Å². The molecule has 0 spiro atoms. The normalized spacial score (nSPS) is 16.3. The van der Waals surface area contributed by atoms with E-state index < -0.39 is 0 Å². The van der Waals surface area contributed by atoms with Crippen molar-refractivity contribution in [1.29, 1.82) is 0 Å². The van der Waals surface area contributed by atoms with Crippen LogP contribution < -0.4 is 4.74 Å². The number of carbonyl (C=O) groups excluding carboxylic acids is 3. The number of carbonyl (C=O) groups is 3. The van der Waals surface area contributed by atoms with E-state index >= 15 is 0 Å². The largest absolute Gasteiger partial charge is 0.494 e. The minimum atomic E-state index is -0.172. The quantitative estimate of drug-likeness (QED) is 0.202. The van der Waals surface area contributed by atoms with Crippen molar-refractivity contribution in [1.82, 2.24) is 14.7 Å². The monoisotopic (exact) mass is 513 g/mol. The Hall–Kier alpha value is -3.55. The third-order valence-electron chi connectivity index (χ3n) is 7.58. The lowest BCUT2D eigenvalue weighted by Gasteiger charge is -2.35. The second kappa shape index (κ2) is 12.3. The molecule has 2 aliphatic heterocycles. The van der Waals surface area contributed by atoms with Crippen LogP contribution in [0.15, 0.2) is 60.7 Å². The summed E-state index contributed by atoms with van der Waals surface area (Å²) in [5, 5.41) is 1.73. The molecule has 7 heteroatoms.